The van der Waals surface area contributed by atoms with Crippen LogP contribution < -0.4 is 5.32 Å². The topological polar surface area (TPSA) is 68.3 Å². The molecule has 0 saturated carbocycles. The molecule has 29 heavy (non-hydrogen) atoms. The van der Waals surface area contributed by atoms with Crippen LogP contribution in [0.25, 0.3) is 0 Å². The highest BCUT2D eigenvalue weighted by molar-refractivity contribution is 7.09. The van der Waals surface area contributed by atoms with Gasteiger partial charge in [-0.2, -0.15) is 0 Å². The van der Waals surface area contributed by atoms with Crippen LogP contribution in [-0.4, -0.2) is 16.9 Å². The van der Waals surface area contributed by atoms with Gasteiger partial charge in [0.15, 0.2) is 0 Å². The maximum atomic E-state index is 12.7. The van der Waals surface area contributed by atoms with Crippen molar-refractivity contribution in [3.63, 3.8) is 0 Å². The number of thiazole rings is 1. The minimum absolute atomic E-state index is 0.00494. The molecule has 1 atom stereocenters. The molecule has 0 bridgehead atoms. The van der Waals surface area contributed by atoms with Crippen molar-refractivity contribution in [1.82, 2.24) is 10.3 Å². The lowest BCUT2D eigenvalue weighted by atomic mass is 10.0. The lowest BCUT2D eigenvalue weighted by Gasteiger charge is -2.19. The van der Waals surface area contributed by atoms with Crippen LogP contribution >= 0.6 is 22.9 Å². The van der Waals surface area contributed by atoms with Crippen LogP contribution in [0, 0.1) is 0 Å². The van der Waals surface area contributed by atoms with E-state index in [0.29, 0.717) is 10.6 Å². The average molecular weight is 429 g/mol. The first-order chi connectivity index (χ1) is 14.1. The van der Waals surface area contributed by atoms with Crippen molar-refractivity contribution in [1.29, 1.82) is 0 Å². The summed E-state index contributed by atoms with van der Waals surface area (Å²) in [7, 11) is 0. The molecule has 1 unspecified atom stereocenters. The monoisotopic (exact) mass is 428 g/mol. The predicted molar refractivity (Wildman–Crippen MR) is 114 cm³/mol. The average Bonchev–Trinajstić information content (AvgIpc) is 3.21. The number of halogens is 1. The molecule has 1 N–H and O–H groups in total. The van der Waals surface area contributed by atoms with E-state index in [9.17, 15) is 9.59 Å². The lowest BCUT2D eigenvalue weighted by molar-refractivity contribution is -0.145. The van der Waals surface area contributed by atoms with Gasteiger partial charge in [0.05, 0.1) is 33.8 Å². The van der Waals surface area contributed by atoms with Crippen molar-refractivity contribution in [3.05, 3.63) is 86.8 Å². The van der Waals surface area contributed by atoms with Crippen LogP contribution in [-0.2, 0) is 22.6 Å². The van der Waals surface area contributed by atoms with Crippen LogP contribution in [0.3, 0.4) is 0 Å². The maximum absolute atomic E-state index is 12.7. The van der Waals surface area contributed by atoms with Crippen LogP contribution in [0.1, 0.15) is 46.0 Å². The molecular weight excluding hydrogens is 408 g/mol. The summed E-state index contributed by atoms with van der Waals surface area (Å²) in [5.41, 5.74) is 1.90. The minimum atomic E-state index is -0.533. The van der Waals surface area contributed by atoms with Crippen molar-refractivity contribution >= 4 is 34.8 Å². The van der Waals surface area contributed by atoms with Crippen molar-refractivity contribution < 1.29 is 14.3 Å². The Hall–Kier alpha value is -2.70. The van der Waals surface area contributed by atoms with Crippen LogP contribution in [0.4, 0.5) is 0 Å². The number of nitrogens with one attached hydrogen (secondary N) is 1. The second kappa shape index (κ2) is 10.2. The molecule has 1 aromatic heterocycles. The SMILES string of the molecule is CCc1nc(COC(=O)CC(NC(=O)c2ccccc2Cl)c2ccccc2)cs1. The number of esters is 1. The summed E-state index contributed by atoms with van der Waals surface area (Å²) in [5, 5.41) is 6.14. The zero-order chi connectivity index (χ0) is 20.6. The summed E-state index contributed by atoms with van der Waals surface area (Å²) < 4.78 is 5.38. The molecule has 0 aliphatic heterocycles. The first kappa shape index (κ1) is 21.0. The molecule has 1 amide bonds. The fourth-order valence-corrected chi connectivity index (χ4v) is 3.73. The van der Waals surface area contributed by atoms with Gasteiger partial charge >= 0.3 is 5.97 Å². The summed E-state index contributed by atoms with van der Waals surface area (Å²) in [6.45, 7) is 2.15. The van der Waals surface area contributed by atoms with Gasteiger partial charge in [0.2, 0.25) is 0 Å². The number of rotatable bonds is 8. The number of hydrogen-bond donors (Lipinski definition) is 1. The second-order valence-corrected chi connectivity index (χ2v) is 7.72. The number of hydrogen-bond acceptors (Lipinski definition) is 5. The van der Waals surface area contributed by atoms with Crippen molar-refractivity contribution in [2.24, 2.45) is 0 Å². The second-order valence-electron chi connectivity index (χ2n) is 6.37. The van der Waals surface area contributed by atoms with Gasteiger partial charge in [0.25, 0.3) is 5.91 Å². The van der Waals surface area contributed by atoms with Gasteiger partial charge in [-0.25, -0.2) is 4.98 Å². The molecule has 7 heteroatoms. The van der Waals surface area contributed by atoms with Gasteiger partial charge in [-0.05, 0) is 24.1 Å². The highest BCUT2D eigenvalue weighted by Gasteiger charge is 2.21. The van der Waals surface area contributed by atoms with E-state index in [0.717, 1.165) is 22.7 Å². The molecule has 5 nitrogen and oxygen atoms in total. The third-order valence-electron chi connectivity index (χ3n) is 4.28. The summed E-state index contributed by atoms with van der Waals surface area (Å²) in [5.74, 6) is -0.756. The third kappa shape index (κ3) is 5.89. The molecule has 3 aromatic rings. The molecule has 2 aromatic carbocycles. The van der Waals surface area contributed by atoms with Crippen molar-refractivity contribution in [2.75, 3.05) is 0 Å². The molecule has 0 spiro atoms. The number of aromatic nitrogens is 1. The molecule has 150 valence electrons. The maximum Gasteiger partial charge on any atom is 0.308 e. The zero-order valence-electron chi connectivity index (χ0n) is 15.9. The Morgan fingerprint density at radius 2 is 1.86 bits per heavy atom. The Balaban J connectivity index is 1.68. The molecule has 0 aliphatic rings. The Bertz CT molecular complexity index is 975. The summed E-state index contributed by atoms with van der Waals surface area (Å²) >= 11 is 7.67. The third-order valence-corrected chi connectivity index (χ3v) is 5.65. The van der Waals surface area contributed by atoms with Crippen LogP contribution in [0.15, 0.2) is 60.0 Å². The number of benzene rings is 2. The molecule has 0 aliphatic carbocycles. The van der Waals surface area contributed by atoms with E-state index >= 15 is 0 Å². The summed E-state index contributed by atoms with van der Waals surface area (Å²) in [6.07, 6.45) is 0.855. The Kier molecular flexibility index (Phi) is 7.38. The molecule has 0 fully saturated rings. The van der Waals surface area contributed by atoms with Crippen molar-refractivity contribution in [3.8, 4) is 0 Å². The molecular formula is C22H21ClN2O3S. The largest absolute Gasteiger partial charge is 0.459 e. The number of amides is 1. The van der Waals surface area contributed by atoms with E-state index in [1.165, 1.54) is 0 Å². The number of ether oxygens (including phenoxy) is 1. The normalized spacial score (nSPS) is 11.7. The highest BCUT2D eigenvalue weighted by Crippen LogP contribution is 2.21. The van der Waals surface area contributed by atoms with Gasteiger partial charge in [-0.1, -0.05) is 61.0 Å². The molecule has 0 saturated heterocycles. The lowest BCUT2D eigenvalue weighted by Crippen LogP contribution is -2.30. The Morgan fingerprint density at radius 1 is 1.14 bits per heavy atom. The van der Waals surface area contributed by atoms with Crippen LogP contribution in [0.5, 0.6) is 0 Å². The first-order valence-electron chi connectivity index (χ1n) is 9.26. The highest BCUT2D eigenvalue weighted by atomic mass is 35.5. The van der Waals surface area contributed by atoms with E-state index in [1.807, 2.05) is 42.6 Å². The van der Waals surface area contributed by atoms with Gasteiger partial charge in [-0.3, -0.25) is 9.59 Å². The van der Waals surface area contributed by atoms with Gasteiger partial charge < -0.3 is 10.1 Å². The molecule has 1 heterocycles. The summed E-state index contributed by atoms with van der Waals surface area (Å²) in [4.78, 5) is 29.5. The number of aryl methyl sites for hydroxylation is 1. The smallest absolute Gasteiger partial charge is 0.308 e. The van der Waals surface area contributed by atoms with E-state index in [2.05, 4.69) is 10.3 Å². The zero-order valence-corrected chi connectivity index (χ0v) is 17.5. The summed E-state index contributed by atoms with van der Waals surface area (Å²) in [6, 6.07) is 15.6. The molecule has 0 radical (unpaired) electrons. The Morgan fingerprint density at radius 3 is 2.55 bits per heavy atom. The number of carbonyl (C=O) groups excluding carboxylic acids is 2. The number of nitrogens with zero attached hydrogens (tertiary/aromatic N) is 1. The van der Waals surface area contributed by atoms with E-state index in [-0.39, 0.29) is 18.9 Å². The fraction of sp³-hybridized carbons (Fsp3) is 0.227. The van der Waals surface area contributed by atoms with Crippen molar-refractivity contribution in [2.45, 2.75) is 32.4 Å². The first-order valence-corrected chi connectivity index (χ1v) is 10.5. The quantitative estimate of drug-likeness (QED) is 0.514. The van der Waals surface area contributed by atoms with E-state index < -0.39 is 12.0 Å². The molecule has 3 rings (SSSR count). The van der Waals surface area contributed by atoms with Gasteiger partial charge in [0, 0.05) is 5.38 Å². The fourth-order valence-electron chi connectivity index (χ4n) is 2.78. The Labute approximate surface area is 178 Å². The standard InChI is InChI=1S/C22H21ClN2O3S/c1-2-20-24-16(14-29-20)13-28-21(26)12-19(15-8-4-3-5-9-15)25-22(27)17-10-6-7-11-18(17)23/h3-11,14,19H,2,12-13H2,1H3,(H,25,27). The minimum Gasteiger partial charge on any atom is -0.459 e. The van der Waals surface area contributed by atoms with Gasteiger partial charge in [0.1, 0.15) is 6.61 Å². The predicted octanol–water partition coefficient (Wildman–Crippen LogP) is 4.96. The number of carbonyl (C=O) groups is 2. The van der Waals surface area contributed by atoms with E-state index in [4.69, 9.17) is 16.3 Å². The van der Waals surface area contributed by atoms with E-state index in [1.54, 1.807) is 35.6 Å². The van der Waals surface area contributed by atoms with Crippen LogP contribution in [0.2, 0.25) is 5.02 Å². The van der Waals surface area contributed by atoms with Gasteiger partial charge in [-0.15, -0.1) is 11.3 Å².